The Labute approximate surface area is 234 Å². The van der Waals surface area contributed by atoms with Crippen LogP contribution in [-0.2, 0) is 5.41 Å². The molecular formula is C31H38F3N5O. The normalized spacial score (nSPS) is 14.2. The number of halogens is 3. The number of alkyl halides is 3. The van der Waals surface area contributed by atoms with Gasteiger partial charge < -0.3 is 25.2 Å². The van der Waals surface area contributed by atoms with Gasteiger partial charge in [-0.1, -0.05) is 39.5 Å². The van der Waals surface area contributed by atoms with Crippen LogP contribution in [0, 0.1) is 6.92 Å². The van der Waals surface area contributed by atoms with E-state index in [1.54, 1.807) is 19.2 Å². The number of aromatic nitrogens is 1. The molecule has 0 radical (unpaired) electrons. The van der Waals surface area contributed by atoms with Crippen LogP contribution in [0.2, 0.25) is 0 Å². The maximum atomic E-state index is 12.9. The van der Waals surface area contributed by atoms with Crippen LogP contribution in [0.25, 0.3) is 5.70 Å². The number of pyridine rings is 1. The average Bonchev–Trinajstić information content (AvgIpc) is 2.92. The van der Waals surface area contributed by atoms with E-state index in [2.05, 4.69) is 66.0 Å². The minimum absolute atomic E-state index is 0.0378. The SMILES string of the molecule is C=C(NCC(F)(F)F)c1cc(Nc2cc(C(C)(C)C)ccc2C)nc(N2CCN(c3ccc(OC)cc3)CC2)c1. The Hall–Kier alpha value is -3.88. The quantitative estimate of drug-likeness (QED) is 0.317. The second-order valence-corrected chi connectivity index (χ2v) is 11.1. The van der Waals surface area contributed by atoms with Crippen LogP contribution in [0.15, 0.2) is 61.2 Å². The lowest BCUT2D eigenvalue weighted by molar-refractivity contribution is -0.122. The van der Waals surface area contributed by atoms with Gasteiger partial charge in [-0.25, -0.2) is 4.98 Å². The molecule has 2 aromatic carbocycles. The van der Waals surface area contributed by atoms with Gasteiger partial charge in [0.2, 0.25) is 0 Å². The van der Waals surface area contributed by atoms with Crippen molar-refractivity contribution in [1.29, 1.82) is 0 Å². The minimum atomic E-state index is -4.35. The van der Waals surface area contributed by atoms with E-state index in [4.69, 9.17) is 9.72 Å². The molecule has 0 aliphatic carbocycles. The van der Waals surface area contributed by atoms with Gasteiger partial charge in [-0.15, -0.1) is 0 Å². The summed E-state index contributed by atoms with van der Waals surface area (Å²) in [6, 6.07) is 17.8. The molecule has 0 amide bonds. The first-order valence-electron chi connectivity index (χ1n) is 13.4. The molecule has 0 spiro atoms. The minimum Gasteiger partial charge on any atom is -0.497 e. The number of nitrogens with one attached hydrogen (secondary N) is 2. The predicted molar refractivity (Wildman–Crippen MR) is 158 cm³/mol. The predicted octanol–water partition coefficient (Wildman–Crippen LogP) is 6.89. The zero-order valence-electron chi connectivity index (χ0n) is 23.8. The number of methoxy groups -OCH3 is 1. The van der Waals surface area contributed by atoms with Crippen LogP contribution < -0.4 is 25.2 Å². The first-order valence-corrected chi connectivity index (χ1v) is 13.4. The van der Waals surface area contributed by atoms with Gasteiger partial charge in [0, 0.05) is 48.8 Å². The van der Waals surface area contributed by atoms with Gasteiger partial charge in [-0.05, 0) is 65.9 Å². The number of nitrogens with zero attached hydrogens (tertiary/aromatic N) is 3. The summed E-state index contributed by atoms with van der Waals surface area (Å²) in [7, 11) is 1.65. The van der Waals surface area contributed by atoms with Crippen molar-refractivity contribution in [3.8, 4) is 5.75 Å². The highest BCUT2D eigenvalue weighted by molar-refractivity contribution is 5.71. The summed E-state index contributed by atoms with van der Waals surface area (Å²) in [6.45, 7) is 14.2. The Bertz CT molecular complexity index is 1320. The van der Waals surface area contributed by atoms with Gasteiger partial charge in [0.1, 0.15) is 23.9 Å². The number of hydrogen-bond acceptors (Lipinski definition) is 6. The van der Waals surface area contributed by atoms with Gasteiger partial charge in [-0.2, -0.15) is 13.2 Å². The molecular weight excluding hydrogens is 515 g/mol. The van der Waals surface area contributed by atoms with Gasteiger partial charge >= 0.3 is 6.18 Å². The molecule has 1 aromatic heterocycles. The summed E-state index contributed by atoms with van der Waals surface area (Å²) in [5.74, 6) is 2.05. The van der Waals surface area contributed by atoms with Gasteiger partial charge in [0.05, 0.1) is 7.11 Å². The highest BCUT2D eigenvalue weighted by Gasteiger charge is 2.27. The Morgan fingerprint density at radius 2 is 1.60 bits per heavy atom. The van der Waals surface area contributed by atoms with E-state index in [-0.39, 0.29) is 11.1 Å². The lowest BCUT2D eigenvalue weighted by Crippen LogP contribution is -2.46. The fraction of sp³-hybridized carbons (Fsp3) is 0.387. The van der Waals surface area contributed by atoms with Crippen LogP contribution >= 0.6 is 0 Å². The number of anilines is 4. The molecule has 9 heteroatoms. The molecule has 1 aliphatic heterocycles. The number of rotatable bonds is 8. The number of ether oxygens (including phenoxy) is 1. The topological polar surface area (TPSA) is 52.7 Å². The van der Waals surface area contributed by atoms with E-state index in [0.717, 1.165) is 35.8 Å². The van der Waals surface area contributed by atoms with Gasteiger partial charge in [0.25, 0.3) is 0 Å². The van der Waals surface area contributed by atoms with Crippen LogP contribution in [-0.4, -0.2) is 51.0 Å². The first-order chi connectivity index (χ1) is 18.8. The Morgan fingerprint density at radius 1 is 0.950 bits per heavy atom. The fourth-order valence-electron chi connectivity index (χ4n) is 4.57. The van der Waals surface area contributed by atoms with E-state index in [1.165, 1.54) is 5.56 Å². The summed E-state index contributed by atoms with van der Waals surface area (Å²) >= 11 is 0. The molecule has 2 heterocycles. The Kier molecular flexibility index (Phi) is 8.51. The summed E-state index contributed by atoms with van der Waals surface area (Å²) in [5.41, 5.74) is 4.95. The molecule has 0 saturated carbocycles. The van der Waals surface area contributed by atoms with Crippen LogP contribution in [0.5, 0.6) is 5.75 Å². The summed E-state index contributed by atoms with van der Waals surface area (Å²) in [4.78, 5) is 9.34. The van der Waals surface area contributed by atoms with Crippen LogP contribution in [0.1, 0.15) is 37.5 Å². The fourth-order valence-corrected chi connectivity index (χ4v) is 4.57. The Morgan fingerprint density at radius 3 is 2.20 bits per heavy atom. The second-order valence-electron chi connectivity index (χ2n) is 11.1. The highest BCUT2D eigenvalue weighted by atomic mass is 19.4. The highest BCUT2D eigenvalue weighted by Crippen LogP contribution is 2.31. The van der Waals surface area contributed by atoms with E-state index >= 15 is 0 Å². The lowest BCUT2D eigenvalue weighted by atomic mass is 9.86. The third kappa shape index (κ3) is 7.40. The van der Waals surface area contributed by atoms with Gasteiger partial charge in [-0.3, -0.25) is 0 Å². The van der Waals surface area contributed by atoms with Crippen LogP contribution in [0.4, 0.5) is 36.2 Å². The zero-order chi connectivity index (χ0) is 29.1. The van der Waals surface area contributed by atoms with Crippen molar-refractivity contribution < 1.29 is 17.9 Å². The van der Waals surface area contributed by atoms with Crippen LogP contribution in [0.3, 0.4) is 0 Å². The molecule has 1 aliphatic rings. The third-order valence-corrected chi connectivity index (χ3v) is 7.07. The molecule has 2 N–H and O–H groups in total. The van der Waals surface area contributed by atoms with E-state index in [0.29, 0.717) is 30.3 Å². The molecule has 214 valence electrons. The first kappa shape index (κ1) is 29.1. The van der Waals surface area contributed by atoms with Crippen molar-refractivity contribution in [2.75, 3.05) is 55.0 Å². The second kappa shape index (κ2) is 11.7. The average molecular weight is 554 g/mol. The molecule has 1 fully saturated rings. The van der Waals surface area contributed by atoms with Crippen molar-refractivity contribution >= 4 is 28.7 Å². The summed E-state index contributed by atoms with van der Waals surface area (Å²) in [6.07, 6.45) is -4.35. The lowest BCUT2D eigenvalue weighted by Gasteiger charge is -2.37. The Balaban J connectivity index is 1.59. The molecule has 0 bridgehead atoms. The number of aryl methyl sites for hydroxylation is 1. The molecule has 4 rings (SSSR count). The molecule has 1 saturated heterocycles. The molecule has 0 unspecified atom stereocenters. The number of hydrogen-bond donors (Lipinski definition) is 2. The third-order valence-electron chi connectivity index (χ3n) is 7.07. The molecule has 0 atom stereocenters. The van der Waals surface area contributed by atoms with Crippen molar-refractivity contribution in [1.82, 2.24) is 10.3 Å². The maximum absolute atomic E-state index is 12.9. The number of piperazine rings is 1. The van der Waals surface area contributed by atoms with Crippen molar-refractivity contribution in [3.05, 3.63) is 77.9 Å². The smallest absolute Gasteiger partial charge is 0.405 e. The summed E-state index contributed by atoms with van der Waals surface area (Å²) < 4.78 is 44.0. The monoisotopic (exact) mass is 553 g/mol. The van der Waals surface area contributed by atoms with E-state index in [9.17, 15) is 13.2 Å². The zero-order valence-corrected chi connectivity index (χ0v) is 23.8. The van der Waals surface area contributed by atoms with Crippen molar-refractivity contribution in [2.45, 2.75) is 39.3 Å². The standard InChI is InChI=1S/C31H38F3N5O/c1-21-7-8-24(30(3,4)5)19-27(21)36-28-17-23(22(2)35-20-31(32,33)34)18-29(37-28)39-15-13-38(14-16-39)25-9-11-26(40-6)12-10-25/h7-12,17-19,35H,2,13-16,20H2,1,3-6H3,(H,36,37). The van der Waals surface area contributed by atoms with Crippen molar-refractivity contribution in [3.63, 3.8) is 0 Å². The maximum Gasteiger partial charge on any atom is 0.405 e. The number of benzene rings is 2. The molecule has 6 nitrogen and oxygen atoms in total. The largest absolute Gasteiger partial charge is 0.497 e. The van der Waals surface area contributed by atoms with E-state index in [1.807, 2.05) is 31.2 Å². The van der Waals surface area contributed by atoms with Gasteiger partial charge in [0.15, 0.2) is 0 Å². The summed E-state index contributed by atoms with van der Waals surface area (Å²) in [5, 5.41) is 5.85. The van der Waals surface area contributed by atoms with Crippen molar-refractivity contribution in [2.24, 2.45) is 0 Å². The van der Waals surface area contributed by atoms with E-state index < -0.39 is 12.7 Å². The molecule has 40 heavy (non-hydrogen) atoms. The molecule has 3 aromatic rings.